The Bertz CT molecular complexity index is 296. The number of aliphatic carboxylic acids is 2. The van der Waals surface area contributed by atoms with Crippen LogP contribution >= 0.6 is 0 Å². The van der Waals surface area contributed by atoms with Gasteiger partial charge in [0.1, 0.15) is 6.42 Å². The summed E-state index contributed by atoms with van der Waals surface area (Å²) in [6.07, 6.45) is 19.0. The molecule has 2 N–H and O–H groups in total. The van der Waals surface area contributed by atoms with Crippen molar-refractivity contribution in [1.29, 1.82) is 0 Å². The SMILES string of the molecule is O=C(O)CC(=O)O.[CH2-]C(CCCC)CCCCCCCCCCCC.[Li+]. The van der Waals surface area contributed by atoms with Gasteiger partial charge in [0.15, 0.2) is 0 Å². The van der Waals surface area contributed by atoms with Gasteiger partial charge in [0.05, 0.1) is 0 Å². The van der Waals surface area contributed by atoms with Crippen LogP contribution in [0.2, 0.25) is 0 Å². The molecule has 0 rings (SSSR count). The molecule has 4 nitrogen and oxygen atoms in total. The van der Waals surface area contributed by atoms with Gasteiger partial charge >= 0.3 is 30.8 Å². The summed E-state index contributed by atoms with van der Waals surface area (Å²) in [4.78, 5) is 18.9. The molecule has 0 fully saturated rings. The summed E-state index contributed by atoms with van der Waals surface area (Å²) in [7, 11) is 0. The molecule has 150 valence electrons. The topological polar surface area (TPSA) is 74.6 Å². The molecule has 0 aliphatic carbocycles. The van der Waals surface area contributed by atoms with Crippen molar-refractivity contribution in [3.63, 3.8) is 0 Å². The first-order valence-corrected chi connectivity index (χ1v) is 10.2. The minimum atomic E-state index is -1.31. The number of unbranched alkanes of at least 4 members (excludes halogenated alkanes) is 10. The molecular weight excluding hydrogens is 323 g/mol. The van der Waals surface area contributed by atoms with Crippen LogP contribution in [0.4, 0.5) is 0 Å². The van der Waals surface area contributed by atoms with Crippen molar-refractivity contribution in [2.75, 3.05) is 0 Å². The molecule has 0 aromatic heterocycles. The molecule has 0 aromatic rings. The Morgan fingerprint density at radius 1 is 0.692 bits per heavy atom. The Morgan fingerprint density at radius 2 is 1.04 bits per heavy atom. The molecule has 0 bridgehead atoms. The molecule has 5 heteroatoms. The van der Waals surface area contributed by atoms with Crippen LogP contribution in [0.1, 0.15) is 110 Å². The van der Waals surface area contributed by atoms with E-state index in [1.165, 1.54) is 89.9 Å². The fourth-order valence-corrected chi connectivity index (χ4v) is 2.69. The number of carbonyl (C=O) groups is 2. The molecule has 0 saturated carbocycles. The van der Waals surface area contributed by atoms with Gasteiger partial charge in [0.2, 0.25) is 0 Å². The second kappa shape index (κ2) is 24.5. The van der Waals surface area contributed by atoms with Crippen molar-refractivity contribution in [2.24, 2.45) is 5.92 Å². The van der Waals surface area contributed by atoms with Crippen LogP contribution in [0.15, 0.2) is 0 Å². The van der Waals surface area contributed by atoms with E-state index in [1.54, 1.807) is 0 Å². The molecule has 0 aliphatic heterocycles. The van der Waals surface area contributed by atoms with Gasteiger partial charge < -0.3 is 17.1 Å². The number of hydrogen-bond donors (Lipinski definition) is 2. The van der Waals surface area contributed by atoms with Gasteiger partial charge in [-0.15, -0.1) is 0 Å². The zero-order valence-electron chi connectivity index (χ0n) is 17.6. The van der Waals surface area contributed by atoms with Gasteiger partial charge in [0.25, 0.3) is 0 Å². The maximum atomic E-state index is 9.43. The average molecular weight is 364 g/mol. The van der Waals surface area contributed by atoms with Crippen LogP contribution in [0.5, 0.6) is 0 Å². The second-order valence-electron chi connectivity index (χ2n) is 6.94. The Balaban J connectivity index is -0.000000561. The summed E-state index contributed by atoms with van der Waals surface area (Å²) in [5, 5.41) is 15.4. The fourth-order valence-electron chi connectivity index (χ4n) is 2.69. The average Bonchev–Trinajstić information content (AvgIpc) is 2.54. The summed E-state index contributed by atoms with van der Waals surface area (Å²) in [5.74, 6) is -1.90. The summed E-state index contributed by atoms with van der Waals surface area (Å²) in [5.41, 5.74) is 0. The number of carboxylic acid groups (broad SMARTS) is 2. The van der Waals surface area contributed by atoms with E-state index in [0.29, 0.717) is 0 Å². The molecule has 0 amide bonds. The minimum absolute atomic E-state index is 0. The Hall–Kier alpha value is -0.463. The monoisotopic (exact) mass is 364 g/mol. The smallest absolute Gasteiger partial charge is 0.481 e. The van der Waals surface area contributed by atoms with Gasteiger partial charge in [-0.25, -0.2) is 0 Å². The van der Waals surface area contributed by atoms with Crippen LogP contribution in [0, 0.1) is 12.8 Å². The van der Waals surface area contributed by atoms with Gasteiger partial charge in [-0.2, -0.15) is 5.92 Å². The summed E-state index contributed by atoms with van der Waals surface area (Å²) in [6, 6.07) is 0. The molecular formula is C21H41LiO4. The van der Waals surface area contributed by atoms with Crippen LogP contribution in [0.3, 0.4) is 0 Å². The molecule has 0 radical (unpaired) electrons. The normalized spacial score (nSPS) is 11.0. The van der Waals surface area contributed by atoms with Crippen molar-refractivity contribution in [1.82, 2.24) is 0 Å². The molecule has 1 atom stereocenters. The second-order valence-corrected chi connectivity index (χ2v) is 6.94. The van der Waals surface area contributed by atoms with Crippen molar-refractivity contribution >= 4 is 11.9 Å². The van der Waals surface area contributed by atoms with Gasteiger partial charge in [-0.05, 0) is 0 Å². The third-order valence-corrected chi connectivity index (χ3v) is 4.23. The zero-order chi connectivity index (χ0) is 19.3. The maximum absolute atomic E-state index is 9.43. The molecule has 0 aromatic carbocycles. The first-order valence-electron chi connectivity index (χ1n) is 10.2. The Labute approximate surface area is 173 Å². The van der Waals surface area contributed by atoms with E-state index < -0.39 is 18.4 Å². The van der Waals surface area contributed by atoms with Crippen LogP contribution in [-0.2, 0) is 9.59 Å². The third-order valence-electron chi connectivity index (χ3n) is 4.23. The fraction of sp³-hybridized carbons (Fsp3) is 0.857. The first-order chi connectivity index (χ1) is 11.9. The van der Waals surface area contributed by atoms with E-state index in [9.17, 15) is 9.59 Å². The van der Waals surface area contributed by atoms with Crippen molar-refractivity contribution in [3.8, 4) is 0 Å². The third kappa shape index (κ3) is 31.3. The van der Waals surface area contributed by atoms with Crippen molar-refractivity contribution in [2.45, 2.75) is 110 Å². The van der Waals surface area contributed by atoms with Gasteiger partial charge in [0, 0.05) is 0 Å². The first kappa shape index (κ1) is 30.3. The van der Waals surface area contributed by atoms with E-state index in [-0.39, 0.29) is 18.9 Å². The van der Waals surface area contributed by atoms with E-state index in [4.69, 9.17) is 10.2 Å². The summed E-state index contributed by atoms with van der Waals surface area (Å²) in [6.45, 7) is 8.81. The molecule has 1 unspecified atom stereocenters. The van der Waals surface area contributed by atoms with E-state index >= 15 is 0 Å². The molecule has 0 saturated heterocycles. The number of rotatable bonds is 16. The zero-order valence-corrected chi connectivity index (χ0v) is 17.6. The Kier molecular flexibility index (Phi) is 28.6. The molecule has 0 aliphatic rings. The predicted octanol–water partition coefficient (Wildman–Crippen LogP) is 3.49. The van der Waals surface area contributed by atoms with Crippen LogP contribution < -0.4 is 18.9 Å². The molecule has 0 heterocycles. The maximum Gasteiger partial charge on any atom is 1.00 e. The Morgan fingerprint density at radius 3 is 1.38 bits per heavy atom. The quantitative estimate of drug-likeness (QED) is 0.190. The predicted molar refractivity (Wildman–Crippen MR) is 105 cm³/mol. The minimum Gasteiger partial charge on any atom is -0.481 e. The van der Waals surface area contributed by atoms with Crippen LogP contribution in [-0.4, -0.2) is 22.2 Å². The standard InChI is InChI=1S/C18H37.C3H4O4.Li/c1-4-6-8-9-10-11-12-13-14-15-17-18(3)16-7-5-2;4-2(5)1-3(6)7;/h18H,3-17H2,1-2H3;1H2,(H,4,5)(H,6,7);/q-1;;+1. The van der Waals surface area contributed by atoms with E-state index in [2.05, 4.69) is 20.8 Å². The van der Waals surface area contributed by atoms with Gasteiger partial charge in [-0.1, -0.05) is 104 Å². The molecule has 26 heavy (non-hydrogen) atoms. The number of carboxylic acids is 2. The number of hydrogen-bond acceptors (Lipinski definition) is 2. The van der Waals surface area contributed by atoms with E-state index in [1.807, 2.05) is 0 Å². The van der Waals surface area contributed by atoms with Gasteiger partial charge in [-0.3, -0.25) is 9.59 Å². The summed E-state index contributed by atoms with van der Waals surface area (Å²) < 4.78 is 0. The largest absolute Gasteiger partial charge is 1.00 e. The summed E-state index contributed by atoms with van der Waals surface area (Å²) >= 11 is 0. The van der Waals surface area contributed by atoms with E-state index in [0.717, 1.165) is 5.92 Å². The van der Waals surface area contributed by atoms with Crippen molar-refractivity contribution < 1.29 is 38.7 Å². The molecule has 0 spiro atoms. The van der Waals surface area contributed by atoms with Crippen molar-refractivity contribution in [3.05, 3.63) is 6.92 Å². The van der Waals surface area contributed by atoms with Crippen LogP contribution in [0.25, 0.3) is 0 Å².